The van der Waals surface area contributed by atoms with Crippen LogP contribution in [0.25, 0.3) is 6.08 Å². The summed E-state index contributed by atoms with van der Waals surface area (Å²) in [5.41, 5.74) is 2.16. The van der Waals surface area contributed by atoms with Crippen LogP contribution in [0.15, 0.2) is 108 Å². The molecular weight excluding hydrogens is 574 g/mol. The second-order valence-corrected chi connectivity index (χ2v) is 10.3. The topological polar surface area (TPSA) is 106 Å². The molecule has 0 bridgehead atoms. The third-order valence-corrected chi connectivity index (χ3v) is 7.10. The van der Waals surface area contributed by atoms with Crippen LogP contribution < -0.4 is 25.4 Å². The third-order valence-electron chi connectivity index (χ3n) is 5.85. The number of nitrogens with one attached hydrogen (secondary N) is 3. The number of hydrogen-bond acceptors (Lipinski definition) is 6. The van der Waals surface area contributed by atoms with E-state index in [1.807, 2.05) is 0 Å². The first kappa shape index (κ1) is 30.2. The molecule has 214 valence electrons. The van der Waals surface area contributed by atoms with Gasteiger partial charge in [-0.2, -0.15) is 0 Å². The van der Waals surface area contributed by atoms with Crippen LogP contribution in [0.2, 0.25) is 5.02 Å². The number of halogens is 1. The van der Waals surface area contributed by atoms with Gasteiger partial charge in [0.05, 0.1) is 25.7 Å². The summed E-state index contributed by atoms with van der Waals surface area (Å²) in [5.74, 6) is 0.140. The van der Waals surface area contributed by atoms with Crippen LogP contribution in [-0.4, -0.2) is 37.7 Å². The van der Waals surface area contributed by atoms with E-state index in [0.717, 1.165) is 4.90 Å². The average molecular weight is 602 g/mol. The van der Waals surface area contributed by atoms with Crippen molar-refractivity contribution in [2.75, 3.05) is 30.6 Å². The standard InChI is InChI=1S/C32H28ClN3O5S/c1-40-25-10-6-7-21(17-25)18-28(36-31(38)22-8-4-3-5-9-22)32(39)34-24-12-14-26(15-13-24)42-20-30(37)35-27-19-23(33)11-16-29(27)41-2/h3-19H,20H2,1-2H3,(H,34,39)(H,35,37)(H,36,38)/b28-18-. The van der Waals surface area contributed by atoms with Crippen molar-refractivity contribution in [2.45, 2.75) is 4.90 Å². The second kappa shape index (κ2) is 14.8. The molecule has 4 rings (SSSR count). The zero-order valence-corrected chi connectivity index (χ0v) is 24.4. The van der Waals surface area contributed by atoms with Gasteiger partial charge < -0.3 is 25.4 Å². The minimum atomic E-state index is -0.502. The van der Waals surface area contributed by atoms with Crippen molar-refractivity contribution in [1.82, 2.24) is 5.32 Å². The fraction of sp³-hybridized carbons (Fsp3) is 0.0938. The number of carbonyl (C=O) groups excluding carboxylic acids is 3. The summed E-state index contributed by atoms with van der Waals surface area (Å²) in [7, 11) is 3.07. The molecule has 0 saturated heterocycles. The van der Waals surface area contributed by atoms with E-state index >= 15 is 0 Å². The fourth-order valence-electron chi connectivity index (χ4n) is 3.79. The Bertz CT molecular complexity index is 1590. The summed E-state index contributed by atoms with van der Waals surface area (Å²) in [4.78, 5) is 39.5. The molecule has 0 aliphatic heterocycles. The molecular formula is C32H28ClN3O5S. The quantitative estimate of drug-likeness (QED) is 0.134. The van der Waals surface area contributed by atoms with Crippen LogP contribution in [0, 0.1) is 0 Å². The third kappa shape index (κ3) is 8.63. The van der Waals surface area contributed by atoms with Crippen LogP contribution in [0.3, 0.4) is 0 Å². The molecule has 0 unspecified atom stereocenters. The van der Waals surface area contributed by atoms with E-state index in [9.17, 15) is 14.4 Å². The van der Waals surface area contributed by atoms with Crippen LogP contribution in [-0.2, 0) is 9.59 Å². The normalized spacial score (nSPS) is 10.9. The van der Waals surface area contributed by atoms with Crippen LogP contribution >= 0.6 is 23.4 Å². The Labute approximate surface area is 253 Å². The molecule has 42 heavy (non-hydrogen) atoms. The highest BCUT2D eigenvalue weighted by molar-refractivity contribution is 8.00. The molecule has 0 aromatic heterocycles. The van der Waals surface area contributed by atoms with Crippen molar-refractivity contribution in [2.24, 2.45) is 0 Å². The van der Waals surface area contributed by atoms with Crippen molar-refractivity contribution in [3.8, 4) is 11.5 Å². The molecule has 4 aromatic rings. The molecule has 4 aromatic carbocycles. The number of carbonyl (C=O) groups is 3. The monoisotopic (exact) mass is 601 g/mol. The average Bonchev–Trinajstić information content (AvgIpc) is 3.01. The minimum absolute atomic E-state index is 0.0590. The molecule has 0 heterocycles. The Hall–Kier alpha value is -4.73. The van der Waals surface area contributed by atoms with Gasteiger partial charge in [0.25, 0.3) is 11.8 Å². The highest BCUT2D eigenvalue weighted by atomic mass is 35.5. The summed E-state index contributed by atoms with van der Waals surface area (Å²) in [6.07, 6.45) is 1.58. The Morgan fingerprint density at radius 2 is 1.60 bits per heavy atom. The SMILES string of the molecule is COc1cccc(/C=C(\NC(=O)c2ccccc2)C(=O)Nc2ccc(SCC(=O)Nc3cc(Cl)ccc3OC)cc2)c1. The minimum Gasteiger partial charge on any atom is -0.497 e. The number of amides is 3. The van der Waals surface area contributed by atoms with Crippen LogP contribution in [0.1, 0.15) is 15.9 Å². The van der Waals surface area contributed by atoms with Gasteiger partial charge in [-0.3, -0.25) is 14.4 Å². The second-order valence-electron chi connectivity index (χ2n) is 8.81. The fourth-order valence-corrected chi connectivity index (χ4v) is 4.66. The molecule has 0 aliphatic rings. The zero-order chi connectivity index (χ0) is 29.9. The van der Waals surface area contributed by atoms with E-state index in [0.29, 0.717) is 39.0 Å². The van der Waals surface area contributed by atoms with E-state index in [2.05, 4.69) is 16.0 Å². The van der Waals surface area contributed by atoms with Gasteiger partial charge in [0, 0.05) is 21.2 Å². The molecule has 10 heteroatoms. The summed E-state index contributed by atoms with van der Waals surface area (Å²) in [6.45, 7) is 0. The number of thioether (sulfide) groups is 1. The molecule has 0 spiro atoms. The maximum absolute atomic E-state index is 13.3. The van der Waals surface area contributed by atoms with Crippen molar-refractivity contribution in [3.63, 3.8) is 0 Å². The summed E-state index contributed by atoms with van der Waals surface area (Å²) >= 11 is 7.37. The van der Waals surface area contributed by atoms with Gasteiger partial charge in [0.2, 0.25) is 5.91 Å². The largest absolute Gasteiger partial charge is 0.497 e. The molecule has 3 N–H and O–H groups in total. The number of methoxy groups -OCH3 is 2. The number of ether oxygens (including phenoxy) is 2. The maximum atomic E-state index is 13.3. The Morgan fingerprint density at radius 3 is 2.31 bits per heavy atom. The molecule has 8 nitrogen and oxygen atoms in total. The number of rotatable bonds is 11. The predicted octanol–water partition coefficient (Wildman–Crippen LogP) is 6.50. The Kier molecular flexibility index (Phi) is 10.6. The van der Waals surface area contributed by atoms with Gasteiger partial charge in [-0.15, -0.1) is 11.8 Å². The smallest absolute Gasteiger partial charge is 0.272 e. The summed E-state index contributed by atoms with van der Waals surface area (Å²) in [6, 6.07) is 27.8. The Morgan fingerprint density at radius 1 is 0.833 bits per heavy atom. The molecule has 3 amide bonds. The van der Waals surface area contributed by atoms with Crippen LogP contribution in [0.4, 0.5) is 11.4 Å². The van der Waals surface area contributed by atoms with E-state index in [-0.39, 0.29) is 17.4 Å². The highest BCUT2D eigenvalue weighted by Crippen LogP contribution is 2.28. The van der Waals surface area contributed by atoms with Crippen molar-refractivity contribution < 1.29 is 23.9 Å². The highest BCUT2D eigenvalue weighted by Gasteiger charge is 2.16. The first-order chi connectivity index (χ1) is 20.3. The molecule has 0 atom stereocenters. The van der Waals surface area contributed by atoms with Gasteiger partial charge in [0.1, 0.15) is 17.2 Å². The van der Waals surface area contributed by atoms with Gasteiger partial charge in [-0.25, -0.2) is 0 Å². The lowest BCUT2D eigenvalue weighted by atomic mass is 10.1. The first-order valence-corrected chi connectivity index (χ1v) is 14.1. The molecule has 0 saturated carbocycles. The van der Waals surface area contributed by atoms with E-state index < -0.39 is 11.8 Å². The van der Waals surface area contributed by atoms with E-state index in [4.69, 9.17) is 21.1 Å². The first-order valence-electron chi connectivity index (χ1n) is 12.7. The predicted molar refractivity (Wildman–Crippen MR) is 167 cm³/mol. The summed E-state index contributed by atoms with van der Waals surface area (Å²) < 4.78 is 10.5. The van der Waals surface area contributed by atoms with E-state index in [1.54, 1.807) is 110 Å². The van der Waals surface area contributed by atoms with Gasteiger partial charge in [-0.1, -0.05) is 41.9 Å². The Balaban J connectivity index is 1.42. The van der Waals surface area contributed by atoms with Gasteiger partial charge >= 0.3 is 0 Å². The lowest BCUT2D eigenvalue weighted by molar-refractivity contribution is -0.114. The summed E-state index contributed by atoms with van der Waals surface area (Å²) in [5, 5.41) is 8.83. The lowest BCUT2D eigenvalue weighted by Crippen LogP contribution is -2.30. The molecule has 0 radical (unpaired) electrons. The zero-order valence-electron chi connectivity index (χ0n) is 22.8. The van der Waals surface area contributed by atoms with Crippen molar-refractivity contribution >= 4 is 58.5 Å². The lowest BCUT2D eigenvalue weighted by Gasteiger charge is -2.12. The van der Waals surface area contributed by atoms with Gasteiger partial charge in [0.15, 0.2) is 0 Å². The molecule has 0 aliphatic carbocycles. The van der Waals surface area contributed by atoms with E-state index in [1.165, 1.54) is 18.9 Å². The van der Waals surface area contributed by atoms with Crippen molar-refractivity contribution in [3.05, 3.63) is 119 Å². The number of benzene rings is 4. The van der Waals surface area contributed by atoms with Crippen LogP contribution in [0.5, 0.6) is 11.5 Å². The maximum Gasteiger partial charge on any atom is 0.272 e. The van der Waals surface area contributed by atoms with Crippen molar-refractivity contribution in [1.29, 1.82) is 0 Å². The number of anilines is 2. The van der Waals surface area contributed by atoms with Gasteiger partial charge in [-0.05, 0) is 78.4 Å². The molecule has 0 fully saturated rings. The number of hydrogen-bond donors (Lipinski definition) is 3.